The van der Waals surface area contributed by atoms with Gasteiger partial charge in [0.1, 0.15) is 4.88 Å². The van der Waals surface area contributed by atoms with Gasteiger partial charge in [-0.15, -0.1) is 11.3 Å². The molecule has 13 heavy (non-hydrogen) atoms. The fourth-order valence-corrected chi connectivity index (χ4v) is 2.22. The Labute approximate surface area is 78.2 Å². The van der Waals surface area contributed by atoms with Crippen LogP contribution in [0, 0.1) is 0 Å². The van der Waals surface area contributed by atoms with Gasteiger partial charge in [0.05, 0.1) is 11.3 Å². The second kappa shape index (κ2) is 2.85. The van der Waals surface area contributed by atoms with E-state index in [1.165, 1.54) is 0 Å². The predicted octanol–water partition coefficient (Wildman–Crippen LogP) is 1.44. The number of aromatic carboxylic acids is 1. The van der Waals surface area contributed by atoms with Crippen LogP contribution in [0.25, 0.3) is 0 Å². The van der Waals surface area contributed by atoms with Crippen molar-refractivity contribution in [3.8, 4) is 0 Å². The fourth-order valence-electron chi connectivity index (χ4n) is 1.33. The Balaban J connectivity index is 2.53. The topological polar surface area (TPSA) is 66.4 Å². The van der Waals surface area contributed by atoms with E-state index in [-0.39, 0.29) is 10.7 Å². The molecular weight excluding hydrogens is 190 g/mol. The van der Waals surface area contributed by atoms with Gasteiger partial charge in [0.25, 0.3) is 0 Å². The van der Waals surface area contributed by atoms with Gasteiger partial charge in [0.2, 0.25) is 0 Å². The molecule has 2 heterocycles. The normalized spacial score (nSPS) is 14.9. The van der Waals surface area contributed by atoms with Crippen molar-refractivity contribution in [1.29, 1.82) is 0 Å². The number of hydrogen-bond donors (Lipinski definition) is 2. The molecule has 1 aromatic heterocycles. The highest BCUT2D eigenvalue weighted by atomic mass is 32.1. The number of hydrogen-bond acceptors (Lipinski definition) is 4. The van der Waals surface area contributed by atoms with Crippen molar-refractivity contribution in [2.24, 2.45) is 0 Å². The quantitative estimate of drug-likeness (QED) is 0.715. The SMILES string of the molecule is O=C1CCNc2c1csc2C(=O)O. The molecule has 68 valence electrons. The maximum Gasteiger partial charge on any atom is 0.348 e. The molecule has 0 radical (unpaired) electrons. The molecule has 0 aromatic carbocycles. The highest BCUT2D eigenvalue weighted by Gasteiger charge is 2.24. The lowest BCUT2D eigenvalue weighted by atomic mass is 10.1. The number of anilines is 1. The van der Waals surface area contributed by atoms with Crippen LogP contribution >= 0.6 is 11.3 Å². The Kier molecular flexibility index (Phi) is 1.81. The van der Waals surface area contributed by atoms with Gasteiger partial charge < -0.3 is 10.4 Å². The molecule has 0 unspecified atom stereocenters. The Morgan fingerprint density at radius 1 is 1.62 bits per heavy atom. The molecule has 1 aliphatic heterocycles. The summed E-state index contributed by atoms with van der Waals surface area (Å²) in [6.45, 7) is 0.531. The first-order chi connectivity index (χ1) is 6.20. The zero-order valence-corrected chi connectivity index (χ0v) is 7.48. The van der Waals surface area contributed by atoms with Crippen molar-refractivity contribution in [2.75, 3.05) is 11.9 Å². The van der Waals surface area contributed by atoms with Gasteiger partial charge in [-0.1, -0.05) is 0 Å². The first kappa shape index (κ1) is 8.25. The van der Waals surface area contributed by atoms with Crippen LogP contribution in [-0.2, 0) is 0 Å². The van der Waals surface area contributed by atoms with Crippen molar-refractivity contribution in [3.05, 3.63) is 15.8 Å². The lowest BCUT2D eigenvalue weighted by Gasteiger charge is -2.13. The third-order valence-electron chi connectivity index (χ3n) is 1.94. The van der Waals surface area contributed by atoms with E-state index in [2.05, 4.69) is 5.32 Å². The van der Waals surface area contributed by atoms with Crippen LogP contribution in [0.1, 0.15) is 26.5 Å². The van der Waals surface area contributed by atoms with Crippen LogP contribution in [-0.4, -0.2) is 23.4 Å². The molecule has 0 aliphatic carbocycles. The van der Waals surface area contributed by atoms with Crippen molar-refractivity contribution < 1.29 is 14.7 Å². The Hall–Kier alpha value is -1.36. The van der Waals surface area contributed by atoms with Crippen molar-refractivity contribution in [3.63, 3.8) is 0 Å². The molecule has 0 saturated heterocycles. The van der Waals surface area contributed by atoms with Gasteiger partial charge >= 0.3 is 5.97 Å². The number of carbonyl (C=O) groups excluding carboxylic acids is 1. The molecule has 1 aliphatic rings. The number of carbonyl (C=O) groups is 2. The van der Waals surface area contributed by atoms with E-state index in [4.69, 9.17) is 5.11 Å². The second-order valence-corrected chi connectivity index (χ2v) is 3.64. The number of carboxylic acids is 1. The molecule has 0 atom stereocenters. The molecule has 2 N–H and O–H groups in total. The summed E-state index contributed by atoms with van der Waals surface area (Å²) in [5, 5.41) is 13.3. The third kappa shape index (κ3) is 1.21. The summed E-state index contributed by atoms with van der Waals surface area (Å²) in [7, 11) is 0. The summed E-state index contributed by atoms with van der Waals surface area (Å²) in [6.07, 6.45) is 0.447. The number of fused-ring (bicyclic) bond motifs is 1. The minimum absolute atomic E-state index is 0.0255. The summed E-state index contributed by atoms with van der Waals surface area (Å²) in [5.74, 6) is -0.953. The summed E-state index contributed by atoms with van der Waals surface area (Å²) >= 11 is 1.09. The van der Waals surface area contributed by atoms with E-state index in [0.29, 0.717) is 24.2 Å². The lowest BCUT2D eigenvalue weighted by Crippen LogP contribution is -2.17. The highest BCUT2D eigenvalue weighted by Crippen LogP contribution is 2.31. The van der Waals surface area contributed by atoms with Crippen LogP contribution in [0.3, 0.4) is 0 Å². The van der Waals surface area contributed by atoms with Gasteiger partial charge in [-0.05, 0) is 0 Å². The second-order valence-electron chi connectivity index (χ2n) is 2.76. The molecule has 0 fully saturated rings. The largest absolute Gasteiger partial charge is 0.477 e. The molecule has 1 aromatic rings. The van der Waals surface area contributed by atoms with E-state index < -0.39 is 5.97 Å². The van der Waals surface area contributed by atoms with E-state index in [1.807, 2.05) is 0 Å². The zero-order valence-electron chi connectivity index (χ0n) is 6.66. The van der Waals surface area contributed by atoms with Gasteiger partial charge in [-0.3, -0.25) is 4.79 Å². The monoisotopic (exact) mass is 197 g/mol. The summed E-state index contributed by atoms with van der Waals surface area (Å²) in [5.41, 5.74) is 1.02. The van der Waals surface area contributed by atoms with Gasteiger partial charge in [0, 0.05) is 18.3 Å². The number of ketones is 1. The molecule has 0 bridgehead atoms. The molecule has 0 saturated carbocycles. The number of thiophene rings is 1. The summed E-state index contributed by atoms with van der Waals surface area (Å²) in [6, 6.07) is 0. The first-order valence-electron chi connectivity index (χ1n) is 3.82. The maximum atomic E-state index is 11.3. The molecular formula is C8H7NO3S. The Bertz CT molecular complexity index is 369. The van der Waals surface area contributed by atoms with Crippen molar-refractivity contribution in [1.82, 2.24) is 0 Å². The minimum atomic E-state index is -0.978. The lowest BCUT2D eigenvalue weighted by molar-refractivity contribution is 0.0703. The van der Waals surface area contributed by atoms with Gasteiger partial charge in [0.15, 0.2) is 5.78 Å². The standard InChI is InChI=1S/C8H7NO3S/c10-5-1-2-9-6-4(5)3-13-7(6)8(11)12/h3,9H,1-2H2,(H,11,12). The average molecular weight is 197 g/mol. The summed E-state index contributed by atoms with van der Waals surface area (Å²) < 4.78 is 0. The summed E-state index contributed by atoms with van der Waals surface area (Å²) in [4.78, 5) is 22.2. The van der Waals surface area contributed by atoms with Crippen LogP contribution in [0.5, 0.6) is 0 Å². The van der Waals surface area contributed by atoms with Gasteiger partial charge in [-0.2, -0.15) is 0 Å². The molecule has 0 spiro atoms. The van der Waals surface area contributed by atoms with E-state index in [1.54, 1.807) is 5.38 Å². The van der Waals surface area contributed by atoms with Crippen LogP contribution in [0.4, 0.5) is 5.69 Å². The van der Waals surface area contributed by atoms with E-state index in [0.717, 1.165) is 11.3 Å². The molecule has 2 rings (SSSR count). The average Bonchev–Trinajstić information content (AvgIpc) is 2.48. The van der Waals surface area contributed by atoms with Crippen LogP contribution < -0.4 is 5.32 Å². The number of carboxylic acid groups (broad SMARTS) is 1. The maximum absolute atomic E-state index is 11.3. The number of Topliss-reactive ketones (excluding diaryl/α,β-unsaturated/α-hetero) is 1. The molecule has 5 heteroatoms. The highest BCUT2D eigenvalue weighted by molar-refractivity contribution is 7.13. The van der Waals surface area contributed by atoms with E-state index in [9.17, 15) is 9.59 Å². The fraction of sp³-hybridized carbons (Fsp3) is 0.250. The van der Waals surface area contributed by atoms with Gasteiger partial charge in [-0.25, -0.2) is 4.79 Å². The van der Waals surface area contributed by atoms with Crippen molar-refractivity contribution in [2.45, 2.75) is 6.42 Å². The predicted molar refractivity (Wildman–Crippen MR) is 48.7 cm³/mol. The Morgan fingerprint density at radius 3 is 3.08 bits per heavy atom. The Morgan fingerprint density at radius 2 is 2.38 bits per heavy atom. The number of rotatable bonds is 1. The van der Waals surface area contributed by atoms with Crippen molar-refractivity contribution >= 4 is 28.8 Å². The molecule has 4 nitrogen and oxygen atoms in total. The smallest absolute Gasteiger partial charge is 0.348 e. The van der Waals surface area contributed by atoms with E-state index >= 15 is 0 Å². The van der Waals surface area contributed by atoms with Crippen LogP contribution in [0.2, 0.25) is 0 Å². The molecule has 0 amide bonds. The third-order valence-corrected chi connectivity index (χ3v) is 2.91. The zero-order chi connectivity index (χ0) is 9.42. The van der Waals surface area contributed by atoms with Crippen LogP contribution in [0.15, 0.2) is 5.38 Å². The number of nitrogens with one attached hydrogen (secondary N) is 1. The first-order valence-corrected chi connectivity index (χ1v) is 4.70. The minimum Gasteiger partial charge on any atom is -0.477 e.